The second-order valence-electron chi connectivity index (χ2n) is 3.56. The van der Waals surface area contributed by atoms with Gasteiger partial charge in [0.1, 0.15) is 5.76 Å². The van der Waals surface area contributed by atoms with Crippen molar-refractivity contribution in [2.24, 2.45) is 5.73 Å². The molecule has 0 saturated heterocycles. The van der Waals surface area contributed by atoms with Crippen LogP contribution in [0.1, 0.15) is 19.6 Å². The first-order valence-electron chi connectivity index (χ1n) is 4.87. The first-order valence-corrected chi connectivity index (χ1v) is 6.36. The maximum Gasteiger partial charge on any atom is 0.274 e. The van der Waals surface area contributed by atoms with Crippen molar-refractivity contribution in [3.05, 3.63) is 29.5 Å². The number of allylic oxidation sites excluding steroid dienone is 1. The molecule has 0 radical (unpaired) electrons. The molecule has 0 unspecified atom stereocenters. The Morgan fingerprint density at radius 2 is 2.19 bits per heavy atom. The molecule has 90 valence electrons. The average Bonchev–Trinajstić information content (AvgIpc) is 2.65. The Morgan fingerprint density at radius 1 is 1.50 bits per heavy atom. The number of nitrogens with two attached hydrogens (primary N) is 1. The van der Waals surface area contributed by atoms with Crippen molar-refractivity contribution in [1.82, 2.24) is 4.72 Å². The van der Waals surface area contributed by atoms with Gasteiger partial charge >= 0.3 is 0 Å². The highest BCUT2D eigenvalue weighted by atomic mass is 32.2. The molecule has 0 bridgehead atoms. The Morgan fingerprint density at radius 3 is 2.69 bits per heavy atom. The monoisotopic (exact) mass is 244 g/mol. The molecule has 6 heteroatoms. The second-order valence-corrected chi connectivity index (χ2v) is 5.26. The zero-order chi connectivity index (χ0) is 12.2. The van der Waals surface area contributed by atoms with E-state index in [-0.39, 0.29) is 18.2 Å². The van der Waals surface area contributed by atoms with Crippen LogP contribution in [-0.4, -0.2) is 15.0 Å². The summed E-state index contributed by atoms with van der Waals surface area (Å²) in [7, 11) is -3.56. The highest BCUT2D eigenvalue weighted by Gasteiger charge is 2.17. The summed E-state index contributed by atoms with van der Waals surface area (Å²) in [6.07, 6.45) is 1.78. The number of furan rings is 1. The predicted octanol–water partition coefficient (Wildman–Crippen LogP) is 0.983. The minimum Gasteiger partial charge on any atom is -0.447 e. The van der Waals surface area contributed by atoms with Crippen molar-refractivity contribution in [2.75, 3.05) is 6.54 Å². The number of hydrogen-bond donors (Lipinski definition) is 2. The van der Waals surface area contributed by atoms with Crippen LogP contribution in [0.15, 0.2) is 33.3 Å². The van der Waals surface area contributed by atoms with Gasteiger partial charge in [-0.25, -0.2) is 13.1 Å². The number of nitrogens with one attached hydrogen (secondary N) is 1. The molecule has 0 atom stereocenters. The summed E-state index contributed by atoms with van der Waals surface area (Å²) < 4.78 is 30.8. The van der Waals surface area contributed by atoms with Crippen LogP contribution >= 0.6 is 0 Å². The van der Waals surface area contributed by atoms with Gasteiger partial charge < -0.3 is 10.2 Å². The quantitative estimate of drug-likeness (QED) is 0.756. The first kappa shape index (κ1) is 13.0. The van der Waals surface area contributed by atoms with Crippen molar-refractivity contribution < 1.29 is 12.8 Å². The van der Waals surface area contributed by atoms with Crippen molar-refractivity contribution in [1.29, 1.82) is 0 Å². The molecule has 1 aromatic heterocycles. The standard InChI is InChI=1S/C10H16N2O3S/c1-8(2)5-6-12-16(13,14)10-4-3-9(7-11)15-10/h3-5,12H,6-7,11H2,1-2H3. The summed E-state index contributed by atoms with van der Waals surface area (Å²) in [6.45, 7) is 4.23. The molecule has 1 aromatic rings. The largest absolute Gasteiger partial charge is 0.447 e. The predicted molar refractivity (Wildman–Crippen MR) is 61.2 cm³/mol. The molecule has 0 saturated carbocycles. The minimum atomic E-state index is -3.56. The Balaban J connectivity index is 2.74. The van der Waals surface area contributed by atoms with Gasteiger partial charge in [-0.1, -0.05) is 11.6 Å². The number of sulfonamides is 1. The van der Waals surface area contributed by atoms with Crippen LogP contribution < -0.4 is 10.5 Å². The fourth-order valence-corrected chi connectivity index (χ4v) is 1.95. The summed E-state index contributed by atoms with van der Waals surface area (Å²) in [5.41, 5.74) is 6.37. The van der Waals surface area contributed by atoms with Crippen LogP contribution in [0.25, 0.3) is 0 Å². The van der Waals surface area contributed by atoms with Gasteiger partial charge in [-0.05, 0) is 26.0 Å². The van der Waals surface area contributed by atoms with Crippen LogP contribution in [0.3, 0.4) is 0 Å². The van der Waals surface area contributed by atoms with E-state index in [0.717, 1.165) is 5.57 Å². The lowest BCUT2D eigenvalue weighted by Gasteiger charge is -2.01. The average molecular weight is 244 g/mol. The minimum absolute atomic E-state index is 0.102. The van der Waals surface area contributed by atoms with Gasteiger partial charge in [-0.2, -0.15) is 0 Å². The molecule has 0 amide bonds. The van der Waals surface area contributed by atoms with Gasteiger partial charge in [0.15, 0.2) is 0 Å². The lowest BCUT2D eigenvalue weighted by atomic mass is 10.3. The molecule has 0 aromatic carbocycles. The van der Waals surface area contributed by atoms with Crippen LogP contribution in [-0.2, 0) is 16.6 Å². The number of hydrogen-bond acceptors (Lipinski definition) is 4. The van der Waals surface area contributed by atoms with E-state index in [0.29, 0.717) is 5.76 Å². The third-order valence-corrected chi connectivity index (χ3v) is 3.18. The zero-order valence-corrected chi connectivity index (χ0v) is 10.2. The van der Waals surface area contributed by atoms with Gasteiger partial charge in [0.2, 0.25) is 5.09 Å². The fraction of sp³-hybridized carbons (Fsp3) is 0.400. The molecule has 0 fully saturated rings. The third-order valence-electron chi connectivity index (χ3n) is 1.89. The highest BCUT2D eigenvalue weighted by molar-refractivity contribution is 7.89. The van der Waals surface area contributed by atoms with Gasteiger partial charge in [-0.3, -0.25) is 0 Å². The summed E-state index contributed by atoms with van der Waals surface area (Å²) >= 11 is 0. The van der Waals surface area contributed by atoms with E-state index in [1.54, 1.807) is 12.1 Å². The molecule has 3 N–H and O–H groups in total. The maximum absolute atomic E-state index is 11.7. The summed E-state index contributed by atoms with van der Waals surface area (Å²) in [5.74, 6) is 0.447. The van der Waals surface area contributed by atoms with Gasteiger partial charge in [0, 0.05) is 6.54 Å². The van der Waals surface area contributed by atoms with Crippen LogP contribution in [0, 0.1) is 0 Å². The molecule has 0 spiro atoms. The lowest BCUT2D eigenvalue weighted by molar-refractivity contribution is 0.413. The summed E-state index contributed by atoms with van der Waals surface area (Å²) in [5, 5.41) is -0.102. The Labute approximate surface area is 95.4 Å². The molecule has 1 rings (SSSR count). The molecule has 0 aliphatic rings. The summed E-state index contributed by atoms with van der Waals surface area (Å²) in [4.78, 5) is 0. The van der Waals surface area contributed by atoms with Gasteiger partial charge in [0.25, 0.3) is 10.0 Å². The molecular formula is C10H16N2O3S. The Bertz CT molecular complexity index is 470. The fourth-order valence-electron chi connectivity index (χ4n) is 1.04. The number of rotatable bonds is 5. The van der Waals surface area contributed by atoms with Crippen molar-refractivity contribution >= 4 is 10.0 Å². The van der Waals surface area contributed by atoms with E-state index in [2.05, 4.69) is 4.72 Å². The Kier molecular flexibility index (Phi) is 4.28. The van der Waals surface area contributed by atoms with Crippen LogP contribution in [0.2, 0.25) is 0 Å². The molecule has 0 aliphatic heterocycles. The molecular weight excluding hydrogens is 228 g/mol. The van der Waals surface area contributed by atoms with Crippen molar-refractivity contribution in [2.45, 2.75) is 25.5 Å². The molecule has 16 heavy (non-hydrogen) atoms. The van der Waals surface area contributed by atoms with E-state index in [4.69, 9.17) is 10.2 Å². The summed E-state index contributed by atoms with van der Waals surface area (Å²) in [6, 6.07) is 2.95. The maximum atomic E-state index is 11.7. The van der Waals surface area contributed by atoms with E-state index < -0.39 is 10.0 Å². The van der Waals surface area contributed by atoms with E-state index in [9.17, 15) is 8.42 Å². The topological polar surface area (TPSA) is 85.3 Å². The second kappa shape index (κ2) is 5.29. The smallest absolute Gasteiger partial charge is 0.274 e. The molecule has 5 nitrogen and oxygen atoms in total. The zero-order valence-electron chi connectivity index (χ0n) is 9.36. The normalized spacial score (nSPS) is 11.4. The molecule has 0 aliphatic carbocycles. The van der Waals surface area contributed by atoms with E-state index in [1.807, 2.05) is 13.8 Å². The van der Waals surface area contributed by atoms with Crippen LogP contribution in [0.4, 0.5) is 0 Å². The van der Waals surface area contributed by atoms with Gasteiger partial charge in [-0.15, -0.1) is 0 Å². The van der Waals surface area contributed by atoms with Gasteiger partial charge in [0.05, 0.1) is 6.54 Å². The van der Waals surface area contributed by atoms with Crippen molar-refractivity contribution in [3.8, 4) is 0 Å². The SMILES string of the molecule is CC(C)=CCNS(=O)(=O)c1ccc(CN)o1. The first-order chi connectivity index (χ1) is 7.45. The third kappa shape index (κ3) is 3.48. The van der Waals surface area contributed by atoms with Crippen molar-refractivity contribution in [3.63, 3.8) is 0 Å². The highest BCUT2D eigenvalue weighted by Crippen LogP contribution is 2.12. The van der Waals surface area contributed by atoms with E-state index >= 15 is 0 Å². The van der Waals surface area contributed by atoms with Crippen LogP contribution in [0.5, 0.6) is 0 Å². The molecule has 1 heterocycles. The Hall–Kier alpha value is -1.11. The van der Waals surface area contributed by atoms with E-state index in [1.165, 1.54) is 6.07 Å². The lowest BCUT2D eigenvalue weighted by Crippen LogP contribution is -2.23.